The second-order valence-corrected chi connectivity index (χ2v) is 14.7. The summed E-state index contributed by atoms with van der Waals surface area (Å²) < 4.78 is 28.3. The van der Waals surface area contributed by atoms with Crippen LogP contribution in [0.3, 0.4) is 0 Å². The van der Waals surface area contributed by atoms with Crippen LogP contribution in [0.15, 0.2) is 113 Å². The number of hydrogen-bond donors (Lipinski definition) is 3. The fourth-order valence-corrected chi connectivity index (χ4v) is 7.11. The summed E-state index contributed by atoms with van der Waals surface area (Å²) in [6.07, 6.45) is 2.57. The molecule has 0 unspecified atom stereocenters. The third-order valence-corrected chi connectivity index (χ3v) is 10.3. The molecule has 12 nitrogen and oxygen atoms in total. The molecule has 1 heterocycles. The van der Waals surface area contributed by atoms with Gasteiger partial charge < -0.3 is 15.5 Å². The lowest BCUT2D eigenvalue weighted by Crippen LogP contribution is -2.31. The number of aromatic nitrogens is 1. The zero-order chi connectivity index (χ0) is 36.4. The van der Waals surface area contributed by atoms with Crippen molar-refractivity contribution in [2.45, 2.75) is 22.6 Å². The summed E-state index contributed by atoms with van der Waals surface area (Å²) >= 11 is 1.58. The lowest BCUT2D eigenvalue weighted by Gasteiger charge is -2.13. The van der Waals surface area contributed by atoms with Crippen molar-refractivity contribution in [3.8, 4) is 11.1 Å². The van der Waals surface area contributed by atoms with Crippen molar-refractivity contribution in [2.75, 3.05) is 44.8 Å². The molecule has 0 aliphatic rings. The highest BCUT2D eigenvalue weighted by atomic mass is 32.2. The Morgan fingerprint density at radius 3 is 2.41 bits per heavy atom. The summed E-state index contributed by atoms with van der Waals surface area (Å²) in [6.45, 7) is 1.75. The Balaban J connectivity index is 1.24. The van der Waals surface area contributed by atoms with Gasteiger partial charge in [-0.1, -0.05) is 48.5 Å². The minimum Gasteiger partial charge on any atom is -0.379 e. The first-order valence-electron chi connectivity index (χ1n) is 16.2. The Morgan fingerprint density at radius 2 is 1.69 bits per heavy atom. The van der Waals surface area contributed by atoms with E-state index in [1.807, 2.05) is 78.3 Å². The molecule has 0 aliphatic carbocycles. The minimum absolute atomic E-state index is 0.0227. The first-order chi connectivity index (χ1) is 24.5. The summed E-state index contributed by atoms with van der Waals surface area (Å²) in [5.41, 5.74) is 3.12. The number of likely N-dealkylation sites (N-methyl/N-ethyl adjacent to an activating group) is 1. The summed E-state index contributed by atoms with van der Waals surface area (Å²) in [7, 11) is -0.537. The van der Waals surface area contributed by atoms with Crippen LogP contribution in [0.2, 0.25) is 0 Å². The molecule has 0 bridgehead atoms. The molecule has 0 atom stereocenters. The summed E-state index contributed by atoms with van der Waals surface area (Å²) in [5, 5.41) is 18.7. The van der Waals surface area contributed by atoms with Crippen molar-refractivity contribution < 1.29 is 22.9 Å². The van der Waals surface area contributed by atoms with E-state index in [1.165, 1.54) is 24.3 Å². The zero-order valence-corrected chi connectivity index (χ0v) is 29.8. The van der Waals surface area contributed by atoms with Crippen LogP contribution >= 0.6 is 11.8 Å². The molecule has 0 radical (unpaired) electrons. The number of benzene rings is 4. The molecule has 0 aliphatic heterocycles. The predicted octanol–water partition coefficient (Wildman–Crippen LogP) is 5.74. The molecule has 1 aromatic heterocycles. The van der Waals surface area contributed by atoms with E-state index in [4.69, 9.17) is 0 Å². The highest BCUT2D eigenvalue weighted by molar-refractivity contribution is 7.99. The molecule has 5 rings (SSSR count). The number of aryl methyl sites for hydroxylation is 1. The Hall–Kier alpha value is -5.31. The number of amides is 2. The number of hydrogen-bond acceptors (Lipinski definition) is 10. The van der Waals surface area contributed by atoms with E-state index in [0.717, 1.165) is 45.1 Å². The number of anilines is 1. The van der Waals surface area contributed by atoms with E-state index >= 15 is 0 Å². The number of carbonyl (C=O) groups is 2. The molecule has 264 valence electrons. The van der Waals surface area contributed by atoms with Crippen LogP contribution in [-0.4, -0.2) is 74.5 Å². The van der Waals surface area contributed by atoms with Crippen molar-refractivity contribution in [3.63, 3.8) is 0 Å². The van der Waals surface area contributed by atoms with Crippen molar-refractivity contribution in [3.05, 3.63) is 124 Å². The maximum absolute atomic E-state index is 13.1. The van der Waals surface area contributed by atoms with E-state index < -0.39 is 31.4 Å². The maximum atomic E-state index is 13.1. The van der Waals surface area contributed by atoms with Gasteiger partial charge in [-0.25, -0.2) is 13.1 Å². The molecule has 3 N–H and O–H groups in total. The first kappa shape index (κ1) is 37.0. The average Bonchev–Trinajstić information content (AvgIpc) is 3.12. The molecule has 0 spiro atoms. The highest BCUT2D eigenvalue weighted by Gasteiger charge is 2.24. The second kappa shape index (κ2) is 17.1. The number of nitrogens with zero attached hydrogens (tertiary/aromatic N) is 3. The number of nitro benzene ring substituents is 1. The van der Waals surface area contributed by atoms with Crippen molar-refractivity contribution in [1.82, 2.24) is 19.9 Å². The highest BCUT2D eigenvalue weighted by Crippen LogP contribution is 2.31. The van der Waals surface area contributed by atoms with Crippen LogP contribution in [0.5, 0.6) is 0 Å². The molecule has 51 heavy (non-hydrogen) atoms. The number of nitro groups is 1. The van der Waals surface area contributed by atoms with Gasteiger partial charge in [-0.3, -0.25) is 24.7 Å². The van der Waals surface area contributed by atoms with E-state index in [1.54, 1.807) is 30.1 Å². The summed E-state index contributed by atoms with van der Waals surface area (Å²) in [5.74, 6) is -0.275. The van der Waals surface area contributed by atoms with Crippen LogP contribution in [0.25, 0.3) is 22.0 Å². The number of sulfonamides is 1. The van der Waals surface area contributed by atoms with E-state index in [9.17, 15) is 28.1 Å². The van der Waals surface area contributed by atoms with Crippen molar-refractivity contribution in [1.29, 1.82) is 0 Å². The smallest absolute Gasteiger partial charge is 0.293 e. The van der Waals surface area contributed by atoms with Crippen LogP contribution < -0.4 is 15.4 Å². The van der Waals surface area contributed by atoms with Crippen molar-refractivity contribution in [2.24, 2.45) is 0 Å². The van der Waals surface area contributed by atoms with Gasteiger partial charge in [0.25, 0.3) is 21.6 Å². The van der Waals surface area contributed by atoms with Crippen LogP contribution in [-0.2, 0) is 21.2 Å². The Bertz CT molecular complexity index is 2130. The van der Waals surface area contributed by atoms with Gasteiger partial charge in [-0.15, -0.1) is 11.8 Å². The number of carbonyl (C=O) groups excluding carboxylic acids is 2. The monoisotopic (exact) mass is 726 g/mol. The lowest BCUT2D eigenvalue weighted by atomic mass is 9.96. The van der Waals surface area contributed by atoms with E-state index in [-0.39, 0.29) is 17.2 Å². The van der Waals surface area contributed by atoms with E-state index in [0.29, 0.717) is 31.7 Å². The normalized spacial score (nSPS) is 11.4. The maximum Gasteiger partial charge on any atom is 0.293 e. The van der Waals surface area contributed by atoms with Crippen LogP contribution in [0.1, 0.15) is 22.3 Å². The van der Waals surface area contributed by atoms with Crippen molar-refractivity contribution >= 4 is 55.9 Å². The average molecular weight is 727 g/mol. The van der Waals surface area contributed by atoms with Gasteiger partial charge in [-0.2, -0.15) is 0 Å². The lowest BCUT2D eigenvalue weighted by molar-refractivity contribution is -0.384. The quantitative estimate of drug-likeness (QED) is 0.0494. The number of pyridine rings is 1. The topological polar surface area (TPSA) is 164 Å². The molecular formula is C37H38N6O6S2. The predicted molar refractivity (Wildman–Crippen MR) is 200 cm³/mol. The second-order valence-electron chi connectivity index (χ2n) is 11.9. The van der Waals surface area contributed by atoms with E-state index in [2.05, 4.69) is 15.6 Å². The number of fused-ring (bicyclic) bond motifs is 1. The Kier molecular flexibility index (Phi) is 12.4. The molecule has 5 aromatic rings. The third kappa shape index (κ3) is 9.90. The molecule has 0 saturated carbocycles. The Labute approximate surface area is 300 Å². The number of thioether (sulfide) groups is 1. The Morgan fingerprint density at radius 1 is 0.922 bits per heavy atom. The van der Waals surface area contributed by atoms with Crippen LogP contribution in [0.4, 0.5) is 11.4 Å². The first-order valence-corrected chi connectivity index (χ1v) is 18.6. The number of rotatable bonds is 16. The van der Waals surface area contributed by atoms with Gasteiger partial charge in [0, 0.05) is 65.5 Å². The standard InChI is InChI=1S/C37H38N6O6S2/c1-42(2)23-21-39-35(44)19-15-27-14-17-32(36-31(27)9-6-20-40-36)26-10-12-28(13-11-26)37(45)41-51(48,49)30-16-18-33(34(25-30)43(46)47)38-22-24-50-29-7-4-3-5-8-29/h3-14,16-18,20,25,38H,15,19,21-24H2,1-2H3,(H,39,44)(H,41,45). The number of nitrogens with one attached hydrogen (secondary N) is 3. The molecular weight excluding hydrogens is 689 g/mol. The third-order valence-electron chi connectivity index (χ3n) is 7.95. The molecule has 0 saturated heterocycles. The molecule has 2 amide bonds. The SMILES string of the molecule is CN(C)CCNC(=O)CCc1ccc(-c2ccc(C(=O)NS(=O)(=O)c3ccc(NCCSc4ccccc4)c([N+](=O)[O-])c3)cc2)c2ncccc12. The minimum atomic E-state index is -4.43. The van der Waals surface area contributed by atoms with Gasteiger partial charge in [-0.05, 0) is 74.1 Å². The van der Waals surface area contributed by atoms with Gasteiger partial charge in [0.15, 0.2) is 0 Å². The van der Waals surface area contributed by atoms with Gasteiger partial charge >= 0.3 is 0 Å². The van der Waals surface area contributed by atoms with Gasteiger partial charge in [0.1, 0.15) is 5.69 Å². The summed E-state index contributed by atoms with van der Waals surface area (Å²) in [6, 6.07) is 27.3. The van der Waals surface area contributed by atoms with Gasteiger partial charge in [0.2, 0.25) is 5.91 Å². The fourth-order valence-electron chi connectivity index (χ4n) is 5.33. The largest absolute Gasteiger partial charge is 0.379 e. The summed E-state index contributed by atoms with van der Waals surface area (Å²) in [4.78, 5) is 43.8. The fraction of sp³-hybridized carbons (Fsp3) is 0.216. The van der Waals surface area contributed by atoms with Gasteiger partial charge in [0.05, 0.1) is 15.3 Å². The zero-order valence-electron chi connectivity index (χ0n) is 28.2. The molecule has 14 heteroatoms. The molecule has 0 fully saturated rings. The van der Waals surface area contributed by atoms with Crippen LogP contribution in [0, 0.1) is 10.1 Å². The molecule has 4 aromatic carbocycles.